The second kappa shape index (κ2) is 8.14. The van der Waals surface area contributed by atoms with Crippen LogP contribution in [0.4, 0.5) is 11.4 Å². The van der Waals surface area contributed by atoms with Crippen LogP contribution >= 0.6 is 0 Å². The third-order valence-electron chi connectivity index (χ3n) is 6.00. The number of nitrogens with zero attached hydrogens (tertiary/aromatic N) is 2. The Morgan fingerprint density at radius 1 is 0.848 bits per heavy atom. The second-order valence-corrected chi connectivity index (χ2v) is 7.77. The molecule has 3 atom stereocenters. The van der Waals surface area contributed by atoms with Gasteiger partial charge in [0.05, 0.1) is 31.6 Å². The van der Waals surface area contributed by atoms with Crippen molar-refractivity contribution in [3.05, 3.63) is 78.4 Å². The molecule has 0 unspecified atom stereocenters. The summed E-state index contributed by atoms with van der Waals surface area (Å²) >= 11 is 0. The molecule has 2 aliphatic rings. The molecular weight excluding hydrogens is 424 g/mol. The van der Waals surface area contributed by atoms with Crippen molar-refractivity contribution in [1.82, 2.24) is 0 Å². The van der Waals surface area contributed by atoms with Crippen LogP contribution in [0, 0.1) is 5.92 Å². The fourth-order valence-corrected chi connectivity index (χ4v) is 4.48. The quantitative estimate of drug-likeness (QED) is 0.601. The predicted molar refractivity (Wildman–Crippen MR) is 120 cm³/mol. The van der Waals surface area contributed by atoms with Gasteiger partial charge in [0.25, 0.3) is 5.91 Å². The molecule has 8 nitrogen and oxygen atoms in total. The van der Waals surface area contributed by atoms with Gasteiger partial charge in [0, 0.05) is 0 Å². The molecule has 8 heteroatoms. The smallest absolute Gasteiger partial charge is 0.266 e. The second-order valence-electron chi connectivity index (χ2n) is 7.77. The number of amides is 2. The zero-order chi connectivity index (χ0) is 23.1. The Morgan fingerprint density at radius 2 is 1.55 bits per heavy atom. The van der Waals surface area contributed by atoms with Crippen molar-refractivity contribution in [1.29, 1.82) is 0 Å². The molecule has 168 valence electrons. The molecule has 0 aliphatic carbocycles. The number of phenols is 1. The van der Waals surface area contributed by atoms with Gasteiger partial charge < -0.3 is 14.6 Å². The van der Waals surface area contributed by atoms with Crippen molar-refractivity contribution >= 4 is 23.2 Å². The third kappa shape index (κ3) is 3.27. The van der Waals surface area contributed by atoms with Crippen molar-refractivity contribution in [2.45, 2.75) is 12.1 Å². The number of hydrogen-bond acceptors (Lipinski definition) is 7. The summed E-state index contributed by atoms with van der Waals surface area (Å²) in [7, 11) is 2.94. The molecule has 33 heavy (non-hydrogen) atoms. The number of aromatic hydroxyl groups is 1. The molecule has 0 bridgehead atoms. The van der Waals surface area contributed by atoms with Crippen LogP contribution in [0.5, 0.6) is 17.2 Å². The highest BCUT2D eigenvalue weighted by molar-refractivity contribution is 6.24. The van der Waals surface area contributed by atoms with E-state index in [4.69, 9.17) is 14.3 Å². The van der Waals surface area contributed by atoms with Gasteiger partial charge in [0.15, 0.2) is 17.6 Å². The summed E-state index contributed by atoms with van der Waals surface area (Å²) in [5.74, 6) is -0.984. The van der Waals surface area contributed by atoms with E-state index in [1.54, 1.807) is 41.5 Å². The van der Waals surface area contributed by atoms with Gasteiger partial charge in [-0.1, -0.05) is 36.4 Å². The maximum atomic E-state index is 13.7. The van der Waals surface area contributed by atoms with Gasteiger partial charge in [-0.15, -0.1) is 0 Å². The number of carbonyl (C=O) groups excluding carboxylic acids is 2. The van der Waals surface area contributed by atoms with Gasteiger partial charge in [-0.25, -0.2) is 9.96 Å². The maximum absolute atomic E-state index is 13.7. The van der Waals surface area contributed by atoms with Crippen LogP contribution in [0.15, 0.2) is 72.8 Å². The zero-order valence-electron chi connectivity index (χ0n) is 18.0. The van der Waals surface area contributed by atoms with Gasteiger partial charge in [0.1, 0.15) is 11.7 Å². The number of phenolic OH excluding ortho intramolecular Hbond substituents is 1. The van der Waals surface area contributed by atoms with Gasteiger partial charge in [0.2, 0.25) is 5.91 Å². The topological polar surface area (TPSA) is 88.5 Å². The third-order valence-corrected chi connectivity index (χ3v) is 6.00. The standard InChI is InChI=1S/C25H22N2O6/c1-31-19-11-7-6-10-17(19)26-24(29)21-22(15-12-13-18(28)20(14-15)32-2)27(33-23(21)25(26)30)16-8-4-3-5-9-16/h3-14,21-23,28H,1-2H3/t21-,22+,23+/m0/s1. The summed E-state index contributed by atoms with van der Waals surface area (Å²) in [6.45, 7) is 0. The van der Waals surface area contributed by atoms with Crippen molar-refractivity contribution < 1.29 is 29.0 Å². The molecular formula is C25H22N2O6. The molecule has 5 rings (SSSR count). The van der Waals surface area contributed by atoms with Crippen LogP contribution in [-0.4, -0.2) is 37.2 Å². The van der Waals surface area contributed by atoms with E-state index in [2.05, 4.69) is 0 Å². The Labute approximate surface area is 190 Å². The number of fused-ring (bicyclic) bond motifs is 1. The summed E-state index contributed by atoms with van der Waals surface area (Å²) in [4.78, 5) is 34.4. The largest absolute Gasteiger partial charge is 0.504 e. The molecule has 3 aromatic rings. The van der Waals surface area contributed by atoms with Crippen LogP contribution in [0.1, 0.15) is 11.6 Å². The molecule has 2 aliphatic heterocycles. The van der Waals surface area contributed by atoms with Crippen molar-refractivity contribution in [2.24, 2.45) is 5.92 Å². The highest BCUT2D eigenvalue weighted by atomic mass is 16.7. The number of benzene rings is 3. The maximum Gasteiger partial charge on any atom is 0.266 e. The van der Waals surface area contributed by atoms with E-state index in [1.165, 1.54) is 20.3 Å². The highest BCUT2D eigenvalue weighted by Gasteiger charge is 2.60. The number of methoxy groups -OCH3 is 2. The first-order valence-electron chi connectivity index (χ1n) is 10.4. The number of hydrogen-bond donors (Lipinski definition) is 1. The van der Waals surface area contributed by atoms with E-state index in [9.17, 15) is 14.7 Å². The first kappa shape index (κ1) is 20.8. The van der Waals surface area contributed by atoms with Gasteiger partial charge >= 0.3 is 0 Å². The number of rotatable bonds is 5. The van der Waals surface area contributed by atoms with Crippen molar-refractivity contribution in [3.8, 4) is 17.2 Å². The average Bonchev–Trinajstić information content (AvgIpc) is 3.36. The SMILES string of the molecule is COc1cc([C@@H]2[C@@H]3C(=O)N(c4ccccc4OC)C(=O)[C@@H]3ON2c2ccccc2)ccc1O. The number of para-hydroxylation sites is 3. The van der Waals surface area contributed by atoms with Gasteiger partial charge in [-0.05, 0) is 42.0 Å². The minimum atomic E-state index is -1.01. The summed E-state index contributed by atoms with van der Waals surface area (Å²) in [5, 5.41) is 11.7. The number of carbonyl (C=O) groups is 2. The number of ether oxygens (including phenoxy) is 2. The van der Waals surface area contributed by atoms with E-state index < -0.39 is 24.0 Å². The number of hydroxylamine groups is 1. The van der Waals surface area contributed by atoms with E-state index in [0.29, 0.717) is 22.7 Å². The molecule has 2 heterocycles. The van der Waals surface area contributed by atoms with Crippen LogP contribution in [0.2, 0.25) is 0 Å². The minimum Gasteiger partial charge on any atom is -0.504 e. The average molecular weight is 446 g/mol. The normalized spacial score (nSPS) is 21.9. The lowest BCUT2D eigenvalue weighted by Crippen LogP contribution is -2.37. The van der Waals surface area contributed by atoms with Crippen LogP contribution < -0.4 is 19.4 Å². The summed E-state index contributed by atoms with van der Waals surface area (Å²) < 4.78 is 10.7. The summed E-state index contributed by atoms with van der Waals surface area (Å²) in [5.41, 5.74) is 1.75. The Bertz CT molecular complexity index is 1210. The predicted octanol–water partition coefficient (Wildman–Crippen LogP) is 3.46. The number of imide groups is 1. The first-order chi connectivity index (χ1) is 16.0. The van der Waals surface area contributed by atoms with E-state index in [1.807, 2.05) is 30.3 Å². The fourth-order valence-electron chi connectivity index (χ4n) is 4.48. The Kier molecular flexibility index (Phi) is 5.14. The lowest BCUT2D eigenvalue weighted by Gasteiger charge is -2.29. The lowest BCUT2D eigenvalue weighted by atomic mass is 9.90. The Hall–Kier alpha value is -4.04. The summed E-state index contributed by atoms with van der Waals surface area (Å²) in [6.07, 6.45) is -1.01. The molecule has 2 amide bonds. The van der Waals surface area contributed by atoms with E-state index in [0.717, 1.165) is 4.90 Å². The molecule has 3 aromatic carbocycles. The van der Waals surface area contributed by atoms with Crippen LogP contribution in [0.25, 0.3) is 0 Å². The fraction of sp³-hybridized carbons (Fsp3) is 0.200. The molecule has 2 saturated heterocycles. The molecule has 0 spiro atoms. The Balaban J connectivity index is 1.62. The molecule has 0 radical (unpaired) electrons. The lowest BCUT2D eigenvalue weighted by molar-refractivity contribution is -0.126. The van der Waals surface area contributed by atoms with Crippen LogP contribution in [0.3, 0.4) is 0 Å². The highest BCUT2D eigenvalue weighted by Crippen LogP contribution is 2.49. The van der Waals surface area contributed by atoms with Gasteiger partial charge in [-0.3, -0.25) is 14.4 Å². The molecule has 0 saturated carbocycles. The first-order valence-corrected chi connectivity index (χ1v) is 10.4. The summed E-state index contributed by atoms with van der Waals surface area (Å²) in [6, 6.07) is 20.4. The van der Waals surface area contributed by atoms with E-state index in [-0.39, 0.29) is 17.4 Å². The van der Waals surface area contributed by atoms with Crippen molar-refractivity contribution in [3.63, 3.8) is 0 Å². The van der Waals surface area contributed by atoms with Crippen LogP contribution in [-0.2, 0) is 14.4 Å². The van der Waals surface area contributed by atoms with Gasteiger partial charge in [-0.2, -0.15) is 0 Å². The zero-order valence-corrected chi connectivity index (χ0v) is 18.0. The molecule has 1 N–H and O–H groups in total. The minimum absolute atomic E-state index is 0.0209. The molecule has 2 fully saturated rings. The van der Waals surface area contributed by atoms with Crippen molar-refractivity contribution in [2.75, 3.05) is 24.2 Å². The molecule has 0 aromatic heterocycles. The Morgan fingerprint density at radius 3 is 2.27 bits per heavy atom. The van der Waals surface area contributed by atoms with E-state index >= 15 is 0 Å². The monoisotopic (exact) mass is 446 g/mol. The number of anilines is 2.